The molecule has 1 aromatic heterocycles. The summed E-state index contributed by atoms with van der Waals surface area (Å²) in [5, 5.41) is 2.98. The predicted molar refractivity (Wildman–Crippen MR) is 174 cm³/mol. The zero-order chi connectivity index (χ0) is 31.9. The Hall–Kier alpha value is -4.23. The average molecular weight is 650 g/mol. The number of ether oxygens (including phenoxy) is 1. The van der Waals surface area contributed by atoms with Gasteiger partial charge in [0.1, 0.15) is 0 Å². The van der Waals surface area contributed by atoms with Crippen LogP contribution in [0.1, 0.15) is 32.6 Å². The van der Waals surface area contributed by atoms with Gasteiger partial charge in [-0.05, 0) is 66.3 Å². The predicted octanol–water partition coefficient (Wildman–Crippen LogP) is 6.11. The Bertz CT molecular complexity index is 2220. The van der Waals surface area contributed by atoms with Crippen LogP contribution >= 0.6 is 0 Å². The number of hydrogen-bond acceptors (Lipinski definition) is 7. The molecule has 0 fully saturated rings. The van der Waals surface area contributed by atoms with Crippen LogP contribution in [-0.2, 0) is 26.8 Å². The van der Waals surface area contributed by atoms with Crippen molar-refractivity contribution in [1.82, 2.24) is 0 Å². The highest BCUT2D eigenvalue weighted by Crippen LogP contribution is 2.42. The average Bonchev–Trinajstić information content (AvgIpc) is 3.49. The van der Waals surface area contributed by atoms with Gasteiger partial charge in [-0.25, -0.2) is 0 Å². The fourth-order valence-corrected chi connectivity index (χ4v) is 6.52. The van der Waals surface area contributed by atoms with Gasteiger partial charge < -0.3 is 14.1 Å². The number of anilines is 1. The number of benzene rings is 4. The lowest BCUT2D eigenvalue weighted by molar-refractivity contribution is -0.677. The number of aryl methyl sites for hydroxylation is 1. The first-order valence-electron chi connectivity index (χ1n) is 14.5. The highest BCUT2D eigenvalue weighted by molar-refractivity contribution is 7.86. The third kappa shape index (κ3) is 6.59. The Morgan fingerprint density at radius 2 is 1.64 bits per heavy atom. The third-order valence-electron chi connectivity index (χ3n) is 7.97. The second kappa shape index (κ2) is 11.9. The summed E-state index contributed by atoms with van der Waals surface area (Å²) in [5.74, 6) is 1.21. The van der Waals surface area contributed by atoms with Gasteiger partial charge in [0, 0.05) is 19.0 Å². The van der Waals surface area contributed by atoms with Crippen molar-refractivity contribution in [2.75, 3.05) is 17.2 Å². The van der Waals surface area contributed by atoms with Crippen LogP contribution in [0.4, 0.5) is 5.69 Å². The molecule has 0 spiro atoms. The van der Waals surface area contributed by atoms with Crippen molar-refractivity contribution in [1.29, 1.82) is 0 Å². The van der Waals surface area contributed by atoms with Crippen LogP contribution in [0.15, 0.2) is 94.7 Å². The molecule has 2 heterocycles. The number of hydrogen-bond donors (Lipinski definition) is 2. The molecule has 4 aromatic carbocycles. The van der Waals surface area contributed by atoms with Gasteiger partial charge in [-0.15, -0.1) is 0 Å². The molecule has 1 aliphatic heterocycles. The topological polar surface area (TPSA) is 138 Å². The lowest BCUT2D eigenvalue weighted by Crippen LogP contribution is -2.38. The van der Waals surface area contributed by atoms with E-state index in [4.69, 9.17) is 9.15 Å². The lowest BCUT2D eigenvalue weighted by atomic mass is 10.1. The maximum absolute atomic E-state index is 11.8. The largest absolute Gasteiger partial charge is 0.439 e. The quantitative estimate of drug-likeness (QED) is 0.135. The first kappa shape index (κ1) is 30.8. The molecule has 6 rings (SSSR count). The molecule has 2 N–H and O–H groups in total. The highest BCUT2D eigenvalue weighted by atomic mass is 32.2. The van der Waals surface area contributed by atoms with Gasteiger partial charge in [-0.3, -0.25) is 9.11 Å². The van der Waals surface area contributed by atoms with Crippen LogP contribution < -0.4 is 14.2 Å². The van der Waals surface area contributed by atoms with Crippen molar-refractivity contribution in [2.24, 2.45) is 0 Å². The number of rotatable bonds is 10. The van der Waals surface area contributed by atoms with Gasteiger partial charge in [0.2, 0.25) is 11.5 Å². The summed E-state index contributed by atoms with van der Waals surface area (Å²) in [6.45, 7) is 3.90. The molecule has 1 atom stereocenters. The number of fused-ring (bicyclic) bond motifs is 5. The van der Waals surface area contributed by atoms with Crippen molar-refractivity contribution in [3.8, 4) is 5.75 Å². The number of oxazole rings is 1. The SMILES string of the molecule is CC(/C=C1\Oc2cc3ccccc3cc2N1CCCS(=O)(=O)O)=C\c1oc2ccc3ccccc3c2[n+]1CCC(C)S(=O)(=O)O. The maximum Gasteiger partial charge on any atom is 0.374 e. The van der Waals surface area contributed by atoms with E-state index in [1.54, 1.807) is 0 Å². The molecule has 5 aromatic rings. The van der Waals surface area contributed by atoms with Gasteiger partial charge in [-0.1, -0.05) is 48.5 Å². The van der Waals surface area contributed by atoms with Crippen LogP contribution in [0.5, 0.6) is 5.75 Å². The molecule has 0 amide bonds. The van der Waals surface area contributed by atoms with Crippen LogP contribution in [-0.4, -0.2) is 43.5 Å². The Kier molecular flexibility index (Phi) is 8.16. The van der Waals surface area contributed by atoms with Crippen LogP contribution in [0.2, 0.25) is 0 Å². The monoisotopic (exact) mass is 649 g/mol. The summed E-state index contributed by atoms with van der Waals surface area (Å²) in [7, 11) is -8.34. The zero-order valence-corrected chi connectivity index (χ0v) is 26.4. The van der Waals surface area contributed by atoms with Gasteiger partial charge in [0.25, 0.3) is 25.8 Å². The van der Waals surface area contributed by atoms with Crippen LogP contribution in [0.3, 0.4) is 0 Å². The second-order valence-electron chi connectivity index (χ2n) is 11.3. The minimum atomic E-state index is -4.21. The fraction of sp³-hybridized carbons (Fsp3) is 0.242. The minimum Gasteiger partial charge on any atom is -0.439 e. The summed E-state index contributed by atoms with van der Waals surface area (Å²) >= 11 is 0. The van der Waals surface area contributed by atoms with E-state index in [0.29, 0.717) is 23.1 Å². The molecule has 0 radical (unpaired) electrons. The second-order valence-corrected chi connectivity index (χ2v) is 14.7. The Morgan fingerprint density at radius 3 is 2.36 bits per heavy atom. The summed E-state index contributed by atoms with van der Waals surface area (Å²) in [4.78, 5) is 1.89. The van der Waals surface area contributed by atoms with Crippen molar-refractivity contribution < 1.29 is 39.7 Å². The Morgan fingerprint density at radius 1 is 0.956 bits per heavy atom. The lowest BCUT2D eigenvalue weighted by Gasteiger charge is -2.18. The Balaban J connectivity index is 1.41. The third-order valence-corrected chi connectivity index (χ3v) is 10.0. The van der Waals surface area contributed by atoms with Gasteiger partial charge >= 0.3 is 5.89 Å². The molecule has 0 saturated carbocycles. The molecule has 10 nitrogen and oxygen atoms in total. The zero-order valence-electron chi connectivity index (χ0n) is 24.8. The molecular formula is C33H33N2O8S2+. The molecule has 1 aliphatic rings. The molecular weight excluding hydrogens is 617 g/mol. The van der Waals surface area contributed by atoms with E-state index in [1.165, 1.54) is 6.92 Å². The van der Waals surface area contributed by atoms with E-state index in [-0.39, 0.29) is 31.7 Å². The van der Waals surface area contributed by atoms with E-state index in [9.17, 15) is 25.9 Å². The number of allylic oxidation sites excluding steroid dienone is 2. The minimum absolute atomic E-state index is 0.163. The van der Waals surface area contributed by atoms with Crippen LogP contribution in [0.25, 0.3) is 38.7 Å². The maximum atomic E-state index is 11.8. The van der Waals surface area contributed by atoms with E-state index in [0.717, 1.165) is 38.3 Å². The van der Waals surface area contributed by atoms with Crippen molar-refractivity contribution in [3.63, 3.8) is 0 Å². The fourth-order valence-electron chi connectivity index (χ4n) is 5.62. The number of nitrogens with zero attached hydrogens (tertiary/aromatic N) is 2. The summed E-state index contributed by atoms with van der Waals surface area (Å²) in [5.41, 5.74) is 2.97. The molecule has 45 heavy (non-hydrogen) atoms. The number of aromatic nitrogens is 1. The van der Waals surface area contributed by atoms with Gasteiger partial charge in [0.15, 0.2) is 12.3 Å². The van der Waals surface area contributed by atoms with Crippen molar-refractivity contribution >= 4 is 64.6 Å². The molecule has 234 valence electrons. The highest BCUT2D eigenvalue weighted by Gasteiger charge is 2.29. The smallest absolute Gasteiger partial charge is 0.374 e. The van der Waals surface area contributed by atoms with E-state index >= 15 is 0 Å². The molecule has 0 saturated heterocycles. The molecule has 0 bridgehead atoms. The first-order chi connectivity index (χ1) is 21.4. The summed E-state index contributed by atoms with van der Waals surface area (Å²) in [6.07, 6.45) is 4.00. The first-order valence-corrected chi connectivity index (χ1v) is 17.6. The summed E-state index contributed by atoms with van der Waals surface area (Å²) < 4.78 is 79.9. The van der Waals surface area contributed by atoms with E-state index in [1.807, 2.05) is 101 Å². The van der Waals surface area contributed by atoms with E-state index in [2.05, 4.69) is 0 Å². The Labute approximate surface area is 261 Å². The molecule has 1 unspecified atom stereocenters. The van der Waals surface area contributed by atoms with Crippen molar-refractivity contribution in [3.05, 3.63) is 96.2 Å². The van der Waals surface area contributed by atoms with E-state index < -0.39 is 25.5 Å². The van der Waals surface area contributed by atoms with Gasteiger partial charge in [0.05, 0.1) is 28.2 Å². The van der Waals surface area contributed by atoms with Crippen LogP contribution in [0, 0.1) is 0 Å². The van der Waals surface area contributed by atoms with Crippen molar-refractivity contribution in [2.45, 2.75) is 38.5 Å². The standard InChI is InChI=1S/C33H32N2O8S2/c1-22(18-31-34(15-7-17-44(36,37)38)28-20-25-9-3-4-10-26(25)21-30(28)43-31)19-32-35(16-14-23(2)45(39,40)41)33-27-11-6-5-8-24(27)12-13-29(33)42-32/h3-6,8-13,18-21,23H,7,14-17H2,1-2H3,(H-,36,37,38,39,40,41)/p+1. The normalized spacial score (nSPS) is 15.7. The van der Waals surface area contributed by atoms with Gasteiger partial charge in [-0.2, -0.15) is 21.4 Å². The summed E-state index contributed by atoms with van der Waals surface area (Å²) in [6, 6.07) is 23.5. The molecule has 0 aliphatic carbocycles. The molecule has 12 heteroatoms.